The van der Waals surface area contributed by atoms with E-state index in [-0.39, 0.29) is 28.5 Å². The second-order valence-corrected chi connectivity index (χ2v) is 6.39. The molecule has 2 saturated carbocycles. The molecule has 0 spiro atoms. The van der Waals surface area contributed by atoms with Crippen molar-refractivity contribution in [1.29, 1.82) is 0 Å². The van der Waals surface area contributed by atoms with E-state index in [0.717, 1.165) is 19.3 Å². The van der Waals surface area contributed by atoms with Crippen LogP contribution in [-0.2, 0) is 4.79 Å². The highest BCUT2D eigenvalue weighted by Gasteiger charge is 2.49. The third-order valence-corrected chi connectivity index (χ3v) is 5.10. The molecule has 5 N–H and O–H groups in total. The monoisotopic (exact) mass is 307 g/mol. The van der Waals surface area contributed by atoms with Crippen molar-refractivity contribution in [3.8, 4) is 0 Å². The average Bonchev–Trinajstić information content (AvgIpc) is 2.98. The summed E-state index contributed by atoms with van der Waals surface area (Å²) in [4.78, 5) is 23.5. The Labute approximate surface area is 128 Å². The zero-order valence-electron chi connectivity index (χ0n) is 11.5. The molecule has 2 aliphatic rings. The van der Waals surface area contributed by atoms with E-state index in [4.69, 9.17) is 23.1 Å². The number of fused-ring (bicyclic) bond motifs is 2. The Bertz CT molecular complexity index is 603. The number of hydrogen-bond acceptors (Lipinski definition) is 3. The van der Waals surface area contributed by atoms with E-state index in [1.807, 2.05) is 0 Å². The standard InChI is InChI=1S/C15H18ClN3O2/c16-11-6-9(3-4-10(11)14(18)20)19-15(21)12-7-1-2-8(5-7)13(12)17/h3-4,6-8,12-13H,1-2,5,17H2,(H2,18,20)(H,19,21). The van der Waals surface area contributed by atoms with Crippen molar-refractivity contribution < 1.29 is 9.59 Å². The maximum atomic E-state index is 12.4. The molecule has 1 aromatic carbocycles. The lowest BCUT2D eigenvalue weighted by Crippen LogP contribution is -2.42. The third kappa shape index (κ3) is 2.51. The number of benzene rings is 1. The number of nitrogens with two attached hydrogens (primary N) is 2. The van der Waals surface area contributed by atoms with Gasteiger partial charge in [-0.15, -0.1) is 0 Å². The van der Waals surface area contributed by atoms with Crippen molar-refractivity contribution in [2.24, 2.45) is 29.2 Å². The Balaban J connectivity index is 1.73. The summed E-state index contributed by atoms with van der Waals surface area (Å²) in [6.07, 6.45) is 3.27. The molecule has 0 heterocycles. The van der Waals surface area contributed by atoms with E-state index in [2.05, 4.69) is 5.32 Å². The van der Waals surface area contributed by atoms with Crippen LogP contribution in [0.3, 0.4) is 0 Å². The molecule has 0 saturated heterocycles. The van der Waals surface area contributed by atoms with Crippen LogP contribution >= 0.6 is 11.6 Å². The van der Waals surface area contributed by atoms with E-state index in [1.165, 1.54) is 12.1 Å². The van der Waals surface area contributed by atoms with Gasteiger partial charge in [-0.05, 0) is 49.3 Å². The summed E-state index contributed by atoms with van der Waals surface area (Å²) in [7, 11) is 0. The Morgan fingerprint density at radius 1 is 1.24 bits per heavy atom. The molecule has 3 rings (SSSR count). The lowest BCUT2D eigenvalue weighted by Gasteiger charge is -2.27. The molecule has 4 unspecified atom stereocenters. The molecule has 0 aliphatic heterocycles. The van der Waals surface area contributed by atoms with Crippen LogP contribution in [0, 0.1) is 17.8 Å². The van der Waals surface area contributed by atoms with Gasteiger partial charge in [0.15, 0.2) is 0 Å². The summed E-state index contributed by atoms with van der Waals surface area (Å²) in [6, 6.07) is 4.63. The number of halogens is 1. The number of hydrogen-bond donors (Lipinski definition) is 3. The summed E-state index contributed by atoms with van der Waals surface area (Å²) in [5.41, 5.74) is 12.2. The minimum Gasteiger partial charge on any atom is -0.366 e. The van der Waals surface area contributed by atoms with Crippen LogP contribution in [0.2, 0.25) is 5.02 Å². The summed E-state index contributed by atoms with van der Waals surface area (Å²) in [5.74, 6) is 0.0980. The summed E-state index contributed by atoms with van der Waals surface area (Å²) in [5, 5.41) is 3.08. The van der Waals surface area contributed by atoms with Gasteiger partial charge in [-0.3, -0.25) is 9.59 Å². The fraction of sp³-hybridized carbons (Fsp3) is 0.467. The van der Waals surface area contributed by atoms with Gasteiger partial charge < -0.3 is 16.8 Å². The normalized spacial score (nSPS) is 30.4. The number of primary amides is 1. The summed E-state index contributed by atoms with van der Waals surface area (Å²) < 4.78 is 0. The topological polar surface area (TPSA) is 98.2 Å². The Kier molecular flexibility index (Phi) is 3.63. The van der Waals surface area contributed by atoms with Crippen LogP contribution in [0.4, 0.5) is 5.69 Å². The van der Waals surface area contributed by atoms with Crippen LogP contribution in [0.5, 0.6) is 0 Å². The second-order valence-electron chi connectivity index (χ2n) is 5.98. The van der Waals surface area contributed by atoms with E-state index in [9.17, 15) is 9.59 Å². The van der Waals surface area contributed by atoms with E-state index in [0.29, 0.717) is 17.5 Å². The predicted molar refractivity (Wildman–Crippen MR) is 80.9 cm³/mol. The maximum absolute atomic E-state index is 12.4. The van der Waals surface area contributed by atoms with Gasteiger partial charge in [0, 0.05) is 11.7 Å². The summed E-state index contributed by atoms with van der Waals surface area (Å²) in [6.45, 7) is 0. The molecular formula is C15H18ClN3O2. The van der Waals surface area contributed by atoms with Crippen molar-refractivity contribution in [3.63, 3.8) is 0 Å². The largest absolute Gasteiger partial charge is 0.366 e. The van der Waals surface area contributed by atoms with Crippen LogP contribution in [-0.4, -0.2) is 17.9 Å². The fourth-order valence-corrected chi connectivity index (χ4v) is 4.02. The Morgan fingerprint density at radius 3 is 2.52 bits per heavy atom. The molecule has 0 radical (unpaired) electrons. The van der Waals surface area contributed by atoms with Crippen LogP contribution < -0.4 is 16.8 Å². The van der Waals surface area contributed by atoms with Crippen molar-refractivity contribution >= 4 is 29.1 Å². The van der Waals surface area contributed by atoms with Gasteiger partial charge >= 0.3 is 0 Å². The van der Waals surface area contributed by atoms with Gasteiger partial charge in [-0.2, -0.15) is 0 Å². The molecule has 2 bridgehead atoms. The Morgan fingerprint density at radius 2 is 1.95 bits per heavy atom. The van der Waals surface area contributed by atoms with Gasteiger partial charge in [-0.1, -0.05) is 11.6 Å². The molecule has 5 nitrogen and oxygen atoms in total. The molecule has 0 aromatic heterocycles. The lowest BCUT2D eigenvalue weighted by atomic mass is 9.84. The van der Waals surface area contributed by atoms with E-state index < -0.39 is 5.91 Å². The first kappa shape index (κ1) is 14.4. The van der Waals surface area contributed by atoms with Crippen LogP contribution in [0.1, 0.15) is 29.6 Å². The second kappa shape index (κ2) is 5.31. The molecule has 2 aliphatic carbocycles. The van der Waals surface area contributed by atoms with Gasteiger partial charge in [0.05, 0.1) is 16.5 Å². The minimum atomic E-state index is -0.590. The highest BCUT2D eigenvalue weighted by atomic mass is 35.5. The van der Waals surface area contributed by atoms with Crippen molar-refractivity contribution in [2.45, 2.75) is 25.3 Å². The summed E-state index contributed by atoms with van der Waals surface area (Å²) >= 11 is 5.98. The minimum absolute atomic E-state index is 0.0517. The fourth-order valence-electron chi connectivity index (χ4n) is 3.74. The molecule has 1 aromatic rings. The number of nitrogens with one attached hydrogen (secondary N) is 1. The number of amides is 2. The average molecular weight is 308 g/mol. The quantitative estimate of drug-likeness (QED) is 0.793. The molecule has 6 heteroatoms. The first-order valence-corrected chi connectivity index (χ1v) is 7.51. The van der Waals surface area contributed by atoms with Gasteiger partial charge in [0.2, 0.25) is 11.8 Å². The third-order valence-electron chi connectivity index (χ3n) is 4.79. The molecule has 2 fully saturated rings. The predicted octanol–water partition coefficient (Wildman–Crippen LogP) is 1.75. The van der Waals surface area contributed by atoms with Crippen LogP contribution in [0.15, 0.2) is 18.2 Å². The molecule has 112 valence electrons. The first-order valence-electron chi connectivity index (χ1n) is 7.13. The smallest absolute Gasteiger partial charge is 0.250 e. The van der Waals surface area contributed by atoms with Gasteiger partial charge in [-0.25, -0.2) is 0 Å². The first-order chi connectivity index (χ1) is 9.97. The van der Waals surface area contributed by atoms with Crippen molar-refractivity contribution in [3.05, 3.63) is 28.8 Å². The Hall–Kier alpha value is -1.59. The van der Waals surface area contributed by atoms with E-state index in [1.54, 1.807) is 6.07 Å². The molecule has 2 amide bonds. The number of carbonyl (C=O) groups excluding carboxylic acids is 2. The van der Waals surface area contributed by atoms with Gasteiger partial charge in [0.25, 0.3) is 0 Å². The van der Waals surface area contributed by atoms with Crippen molar-refractivity contribution in [1.82, 2.24) is 0 Å². The molecule has 4 atom stereocenters. The molecular weight excluding hydrogens is 290 g/mol. The zero-order chi connectivity index (χ0) is 15.1. The number of anilines is 1. The lowest BCUT2D eigenvalue weighted by molar-refractivity contribution is -0.121. The van der Waals surface area contributed by atoms with Gasteiger partial charge in [0.1, 0.15) is 0 Å². The SMILES string of the molecule is NC(=O)c1ccc(NC(=O)C2C3CCC(C3)C2N)cc1Cl. The zero-order valence-corrected chi connectivity index (χ0v) is 12.3. The number of rotatable bonds is 3. The van der Waals surface area contributed by atoms with E-state index >= 15 is 0 Å². The van der Waals surface area contributed by atoms with Crippen molar-refractivity contribution in [2.75, 3.05) is 5.32 Å². The highest BCUT2D eigenvalue weighted by molar-refractivity contribution is 6.34. The van der Waals surface area contributed by atoms with Crippen LogP contribution in [0.25, 0.3) is 0 Å². The highest BCUT2D eigenvalue weighted by Crippen LogP contribution is 2.47. The molecule has 21 heavy (non-hydrogen) atoms. The maximum Gasteiger partial charge on any atom is 0.250 e. The number of carbonyl (C=O) groups is 2.